The van der Waals surface area contributed by atoms with Crippen LogP contribution in [0.5, 0.6) is 0 Å². The van der Waals surface area contributed by atoms with Gasteiger partial charge in [0.25, 0.3) is 0 Å². The van der Waals surface area contributed by atoms with Crippen LogP contribution >= 0.6 is 15.9 Å². The van der Waals surface area contributed by atoms with Crippen LogP contribution in [0.3, 0.4) is 0 Å². The van der Waals surface area contributed by atoms with Crippen molar-refractivity contribution in [3.63, 3.8) is 0 Å². The Bertz CT molecular complexity index is 584. The van der Waals surface area contributed by atoms with E-state index in [9.17, 15) is 0 Å². The molecule has 1 unspecified atom stereocenters. The van der Waals surface area contributed by atoms with Crippen molar-refractivity contribution in [2.24, 2.45) is 5.92 Å². The maximum absolute atomic E-state index is 3.60. The zero-order valence-electron chi connectivity index (χ0n) is 13.3. The van der Waals surface area contributed by atoms with E-state index in [0.29, 0.717) is 5.92 Å². The number of nitrogens with one attached hydrogen (secondary N) is 1. The Labute approximate surface area is 136 Å². The Morgan fingerprint density at radius 3 is 2.43 bits per heavy atom. The van der Waals surface area contributed by atoms with E-state index in [0.717, 1.165) is 10.9 Å². The third-order valence-electron chi connectivity index (χ3n) is 3.61. The van der Waals surface area contributed by atoms with Crippen molar-refractivity contribution in [3.8, 4) is 0 Å². The van der Waals surface area contributed by atoms with Gasteiger partial charge in [0.2, 0.25) is 0 Å². The molecule has 0 aliphatic rings. The number of aryl methyl sites for hydroxylation is 1. The zero-order valence-corrected chi connectivity index (χ0v) is 14.9. The molecular formula is C19H24BrN. The molecule has 0 aliphatic heterocycles. The maximum Gasteiger partial charge on any atom is 0.0574 e. The Kier molecular flexibility index (Phi) is 5.60. The lowest BCUT2D eigenvalue weighted by Gasteiger charge is -2.19. The number of benzene rings is 2. The van der Waals surface area contributed by atoms with Crippen molar-refractivity contribution in [1.29, 1.82) is 0 Å². The van der Waals surface area contributed by atoms with Crippen LogP contribution < -0.4 is 5.32 Å². The van der Waals surface area contributed by atoms with E-state index in [-0.39, 0.29) is 6.04 Å². The number of rotatable bonds is 5. The average Bonchev–Trinajstić information content (AvgIpc) is 2.38. The Hall–Kier alpha value is -1.12. The predicted molar refractivity (Wildman–Crippen MR) is 94.8 cm³/mol. The normalized spacial score (nSPS) is 12.7. The third kappa shape index (κ3) is 4.42. The number of hydrogen-bond acceptors (Lipinski definition) is 1. The van der Waals surface area contributed by atoms with E-state index in [1.165, 1.54) is 22.3 Å². The molecule has 1 atom stereocenters. The van der Waals surface area contributed by atoms with E-state index in [1.807, 2.05) is 7.05 Å². The summed E-state index contributed by atoms with van der Waals surface area (Å²) in [5.41, 5.74) is 5.31. The van der Waals surface area contributed by atoms with Crippen LogP contribution in [0.1, 0.15) is 42.1 Å². The lowest BCUT2D eigenvalue weighted by molar-refractivity contribution is 0.643. The largest absolute Gasteiger partial charge is 0.309 e. The highest BCUT2D eigenvalue weighted by Crippen LogP contribution is 2.26. The summed E-state index contributed by atoms with van der Waals surface area (Å²) < 4.78 is 1.14. The molecule has 0 bridgehead atoms. The first kappa shape index (κ1) is 16.3. The minimum Gasteiger partial charge on any atom is -0.309 e. The molecule has 0 fully saturated rings. The minimum atomic E-state index is 0.230. The van der Waals surface area contributed by atoms with E-state index < -0.39 is 0 Å². The van der Waals surface area contributed by atoms with Crippen molar-refractivity contribution in [3.05, 3.63) is 69.2 Å². The standard InChI is InChI=1S/C19H24BrN/c1-13(2)8-15-6-5-7-16(11-15)19(21-4)17-9-14(3)10-18(20)12-17/h5-7,9-13,19,21H,8H2,1-4H3. The van der Waals surface area contributed by atoms with Crippen LogP contribution in [0.15, 0.2) is 46.9 Å². The van der Waals surface area contributed by atoms with Crippen LogP contribution in [0.4, 0.5) is 0 Å². The molecule has 0 aliphatic carbocycles. The monoisotopic (exact) mass is 345 g/mol. The van der Waals surface area contributed by atoms with Crippen molar-refractivity contribution >= 4 is 15.9 Å². The van der Waals surface area contributed by atoms with Crippen LogP contribution in [0.25, 0.3) is 0 Å². The lowest BCUT2D eigenvalue weighted by Crippen LogP contribution is -2.18. The van der Waals surface area contributed by atoms with Gasteiger partial charge in [-0.25, -0.2) is 0 Å². The van der Waals surface area contributed by atoms with E-state index >= 15 is 0 Å². The fraction of sp³-hybridized carbons (Fsp3) is 0.368. The molecular weight excluding hydrogens is 322 g/mol. The molecule has 2 aromatic carbocycles. The highest BCUT2D eigenvalue weighted by atomic mass is 79.9. The predicted octanol–water partition coefficient (Wildman–Crippen LogP) is 5.26. The lowest BCUT2D eigenvalue weighted by atomic mass is 9.94. The summed E-state index contributed by atoms with van der Waals surface area (Å²) in [5, 5.41) is 3.45. The van der Waals surface area contributed by atoms with Gasteiger partial charge >= 0.3 is 0 Å². The molecule has 0 radical (unpaired) electrons. The zero-order chi connectivity index (χ0) is 15.4. The molecule has 2 rings (SSSR count). The van der Waals surface area contributed by atoms with Crippen LogP contribution in [-0.2, 0) is 6.42 Å². The molecule has 2 aromatic rings. The summed E-state index contributed by atoms with van der Waals surface area (Å²) in [6.07, 6.45) is 1.13. The molecule has 21 heavy (non-hydrogen) atoms. The highest BCUT2D eigenvalue weighted by Gasteiger charge is 2.13. The molecule has 0 saturated carbocycles. The summed E-state index contributed by atoms with van der Waals surface area (Å²) in [6.45, 7) is 6.66. The summed E-state index contributed by atoms with van der Waals surface area (Å²) in [5.74, 6) is 0.682. The second-order valence-electron chi connectivity index (χ2n) is 6.13. The van der Waals surface area contributed by atoms with Crippen molar-refractivity contribution in [2.75, 3.05) is 7.05 Å². The van der Waals surface area contributed by atoms with Crippen LogP contribution in [0.2, 0.25) is 0 Å². The quantitative estimate of drug-likeness (QED) is 0.778. The van der Waals surface area contributed by atoms with Gasteiger partial charge in [0.15, 0.2) is 0 Å². The first-order valence-corrected chi connectivity index (χ1v) is 8.32. The fourth-order valence-electron chi connectivity index (χ4n) is 2.83. The van der Waals surface area contributed by atoms with Crippen molar-refractivity contribution < 1.29 is 0 Å². The molecule has 0 amide bonds. The van der Waals surface area contributed by atoms with Gasteiger partial charge in [-0.15, -0.1) is 0 Å². The topological polar surface area (TPSA) is 12.0 Å². The molecule has 1 nitrogen and oxygen atoms in total. The van der Waals surface area contributed by atoms with Gasteiger partial charge in [-0.1, -0.05) is 60.1 Å². The van der Waals surface area contributed by atoms with E-state index in [1.54, 1.807) is 0 Å². The second-order valence-corrected chi connectivity index (χ2v) is 7.04. The molecule has 0 spiro atoms. The van der Waals surface area contributed by atoms with Crippen molar-refractivity contribution in [2.45, 2.75) is 33.2 Å². The SMILES string of the molecule is CNC(c1cc(C)cc(Br)c1)c1cccc(CC(C)C)c1. The van der Waals surface area contributed by atoms with Crippen LogP contribution in [-0.4, -0.2) is 7.05 Å². The van der Waals surface area contributed by atoms with Gasteiger partial charge in [0, 0.05) is 4.47 Å². The van der Waals surface area contributed by atoms with Gasteiger partial charge < -0.3 is 5.32 Å². The Balaban J connectivity index is 2.36. The molecule has 0 aromatic heterocycles. The smallest absolute Gasteiger partial charge is 0.0574 e. The summed E-state index contributed by atoms with van der Waals surface area (Å²) >= 11 is 3.60. The molecule has 112 valence electrons. The molecule has 2 heteroatoms. The van der Waals surface area contributed by atoms with Gasteiger partial charge in [0.1, 0.15) is 0 Å². The molecule has 1 N–H and O–H groups in total. The summed E-state index contributed by atoms with van der Waals surface area (Å²) in [4.78, 5) is 0. The van der Waals surface area contributed by atoms with Gasteiger partial charge in [0.05, 0.1) is 6.04 Å². The average molecular weight is 346 g/mol. The van der Waals surface area contributed by atoms with Gasteiger partial charge in [-0.2, -0.15) is 0 Å². The minimum absolute atomic E-state index is 0.230. The maximum atomic E-state index is 3.60. The van der Waals surface area contributed by atoms with E-state index in [2.05, 4.69) is 84.5 Å². The van der Waals surface area contributed by atoms with Crippen molar-refractivity contribution in [1.82, 2.24) is 5.32 Å². The molecule has 0 saturated heterocycles. The van der Waals surface area contributed by atoms with Crippen LogP contribution in [0, 0.1) is 12.8 Å². The fourth-order valence-corrected chi connectivity index (χ4v) is 3.45. The highest BCUT2D eigenvalue weighted by molar-refractivity contribution is 9.10. The first-order chi connectivity index (χ1) is 9.99. The van der Waals surface area contributed by atoms with Gasteiger partial charge in [-0.05, 0) is 60.7 Å². The summed E-state index contributed by atoms with van der Waals surface area (Å²) in [7, 11) is 2.02. The van der Waals surface area contributed by atoms with E-state index in [4.69, 9.17) is 0 Å². The second kappa shape index (κ2) is 7.24. The summed E-state index contributed by atoms with van der Waals surface area (Å²) in [6, 6.07) is 15.8. The first-order valence-electron chi connectivity index (χ1n) is 7.52. The molecule has 0 heterocycles. The number of halogens is 1. The Morgan fingerprint density at radius 1 is 1.05 bits per heavy atom. The Morgan fingerprint density at radius 2 is 1.81 bits per heavy atom. The van der Waals surface area contributed by atoms with Gasteiger partial charge in [-0.3, -0.25) is 0 Å². The number of hydrogen-bond donors (Lipinski definition) is 1. The third-order valence-corrected chi connectivity index (χ3v) is 4.07.